The molecule has 0 radical (unpaired) electrons. The van der Waals surface area contributed by atoms with Crippen LogP contribution >= 0.6 is 0 Å². The normalized spacial score (nSPS) is 11.9. The Kier molecular flexibility index (Phi) is 62.6. The lowest BCUT2D eigenvalue weighted by Crippen LogP contribution is -2.30. The lowest BCUT2D eigenvalue weighted by Gasteiger charge is -2.18. The molecule has 0 bridgehead atoms. The maximum absolute atomic E-state index is 12.8. The maximum Gasteiger partial charge on any atom is 0.306 e. The molecule has 0 aliphatic rings. The Morgan fingerprint density at radius 3 is 0.541 bits per heavy atom. The van der Waals surface area contributed by atoms with Gasteiger partial charge in [0.2, 0.25) is 0 Å². The summed E-state index contributed by atoms with van der Waals surface area (Å²) < 4.78 is 16.9. The maximum atomic E-state index is 12.8. The quantitative estimate of drug-likeness (QED) is 0.0343. The predicted octanol–water partition coefficient (Wildman–Crippen LogP) is 23.1. The van der Waals surface area contributed by atoms with Gasteiger partial charge in [0, 0.05) is 19.3 Å². The molecule has 0 fully saturated rings. The van der Waals surface area contributed by atoms with Crippen molar-refractivity contribution in [2.24, 2.45) is 0 Å². The van der Waals surface area contributed by atoms with Crippen molar-refractivity contribution in [1.29, 1.82) is 0 Å². The molecule has 74 heavy (non-hydrogen) atoms. The van der Waals surface area contributed by atoms with E-state index < -0.39 is 6.10 Å². The number of esters is 3. The molecule has 0 aliphatic carbocycles. The van der Waals surface area contributed by atoms with Crippen LogP contribution in [0.25, 0.3) is 0 Å². The van der Waals surface area contributed by atoms with Crippen LogP contribution < -0.4 is 0 Å². The molecule has 0 saturated heterocycles. The van der Waals surface area contributed by atoms with E-state index in [4.69, 9.17) is 14.2 Å². The molecular formula is C68H132O6. The molecule has 6 heteroatoms. The number of ether oxygens (including phenoxy) is 3. The fourth-order valence-electron chi connectivity index (χ4n) is 10.7. The van der Waals surface area contributed by atoms with Crippen LogP contribution in [0.2, 0.25) is 0 Å². The van der Waals surface area contributed by atoms with Crippen molar-refractivity contribution < 1.29 is 28.6 Å². The fourth-order valence-corrected chi connectivity index (χ4v) is 10.7. The zero-order valence-electron chi connectivity index (χ0n) is 50.7. The Hall–Kier alpha value is -1.59. The highest BCUT2D eigenvalue weighted by Gasteiger charge is 2.19. The van der Waals surface area contributed by atoms with Crippen molar-refractivity contribution in [2.75, 3.05) is 13.2 Å². The van der Waals surface area contributed by atoms with E-state index in [0.717, 1.165) is 57.8 Å². The molecule has 0 aliphatic heterocycles. The van der Waals surface area contributed by atoms with Crippen LogP contribution in [0.3, 0.4) is 0 Å². The highest BCUT2D eigenvalue weighted by Crippen LogP contribution is 2.19. The highest BCUT2D eigenvalue weighted by atomic mass is 16.6. The van der Waals surface area contributed by atoms with Crippen molar-refractivity contribution in [3.05, 3.63) is 0 Å². The first-order valence-electron chi connectivity index (χ1n) is 34.0. The largest absolute Gasteiger partial charge is 0.462 e. The van der Waals surface area contributed by atoms with Crippen molar-refractivity contribution in [3.8, 4) is 0 Å². The van der Waals surface area contributed by atoms with Crippen LogP contribution in [-0.2, 0) is 28.6 Å². The zero-order valence-corrected chi connectivity index (χ0v) is 50.7. The van der Waals surface area contributed by atoms with Crippen molar-refractivity contribution in [1.82, 2.24) is 0 Å². The summed E-state index contributed by atoms with van der Waals surface area (Å²) in [5.74, 6) is -0.836. The number of hydrogen-bond donors (Lipinski definition) is 0. The van der Waals surface area contributed by atoms with E-state index in [0.29, 0.717) is 19.3 Å². The average Bonchev–Trinajstić information content (AvgIpc) is 3.40. The molecule has 0 aromatic carbocycles. The first-order valence-corrected chi connectivity index (χ1v) is 34.0. The summed E-state index contributed by atoms with van der Waals surface area (Å²) in [6.45, 7) is 6.69. The van der Waals surface area contributed by atoms with E-state index in [1.807, 2.05) is 0 Å². The molecule has 0 heterocycles. The minimum Gasteiger partial charge on any atom is -0.462 e. The molecule has 440 valence electrons. The van der Waals surface area contributed by atoms with Gasteiger partial charge in [0.05, 0.1) is 0 Å². The van der Waals surface area contributed by atoms with Gasteiger partial charge in [-0.2, -0.15) is 0 Å². The highest BCUT2D eigenvalue weighted by molar-refractivity contribution is 5.71. The van der Waals surface area contributed by atoms with E-state index in [2.05, 4.69) is 20.8 Å². The van der Waals surface area contributed by atoms with Gasteiger partial charge in [0.15, 0.2) is 6.10 Å². The zero-order chi connectivity index (χ0) is 53.6. The standard InChI is InChI=1S/C68H132O6/c1-4-7-10-13-16-19-22-23-24-25-26-27-28-29-30-31-32-33-34-35-36-37-38-39-40-41-42-43-44-45-47-49-52-55-58-61-67(70)73-64-65(63-72-66(69)60-57-54-51-48-21-18-15-12-9-6-3)74-68(71)62-59-56-53-50-46-20-17-14-11-8-5-2/h65H,4-64H2,1-3H3. The number of carbonyl (C=O) groups excluding carboxylic acids is 3. The van der Waals surface area contributed by atoms with Gasteiger partial charge in [0.25, 0.3) is 0 Å². The molecule has 0 N–H and O–H groups in total. The number of carbonyl (C=O) groups is 3. The summed E-state index contributed by atoms with van der Waals surface area (Å²) in [4.78, 5) is 38.1. The molecule has 0 aromatic heterocycles. The first-order chi connectivity index (χ1) is 36.5. The van der Waals surface area contributed by atoms with Gasteiger partial charge in [0.1, 0.15) is 13.2 Å². The van der Waals surface area contributed by atoms with E-state index in [-0.39, 0.29) is 31.1 Å². The molecule has 0 aromatic rings. The molecular weight excluding hydrogens is 913 g/mol. The minimum absolute atomic E-state index is 0.0615. The second kappa shape index (κ2) is 63.9. The molecule has 0 saturated carbocycles. The van der Waals surface area contributed by atoms with Crippen LogP contribution in [0.4, 0.5) is 0 Å². The van der Waals surface area contributed by atoms with E-state index in [1.54, 1.807) is 0 Å². The van der Waals surface area contributed by atoms with Gasteiger partial charge >= 0.3 is 17.9 Å². The number of hydrogen-bond acceptors (Lipinski definition) is 6. The van der Waals surface area contributed by atoms with Crippen LogP contribution in [0, 0.1) is 0 Å². The molecule has 1 unspecified atom stereocenters. The van der Waals surface area contributed by atoms with E-state index >= 15 is 0 Å². The average molecular weight is 1050 g/mol. The van der Waals surface area contributed by atoms with Crippen molar-refractivity contribution in [3.63, 3.8) is 0 Å². The van der Waals surface area contributed by atoms with Crippen molar-refractivity contribution in [2.45, 2.75) is 406 Å². The molecule has 1 atom stereocenters. The van der Waals surface area contributed by atoms with Crippen LogP contribution in [0.15, 0.2) is 0 Å². The molecule has 6 nitrogen and oxygen atoms in total. The lowest BCUT2D eigenvalue weighted by atomic mass is 10.0. The molecule has 0 amide bonds. The minimum atomic E-state index is -0.760. The van der Waals surface area contributed by atoms with E-state index in [1.165, 1.54) is 302 Å². The molecule has 0 spiro atoms. The van der Waals surface area contributed by atoms with Gasteiger partial charge < -0.3 is 14.2 Å². The van der Waals surface area contributed by atoms with Crippen LogP contribution in [0.5, 0.6) is 0 Å². The van der Waals surface area contributed by atoms with Crippen molar-refractivity contribution >= 4 is 17.9 Å². The summed E-state index contributed by atoms with van der Waals surface area (Å²) >= 11 is 0. The second-order valence-electron chi connectivity index (χ2n) is 23.5. The smallest absolute Gasteiger partial charge is 0.306 e. The number of unbranched alkanes of at least 4 members (excludes halogenated alkanes) is 53. The Labute approximate surface area is 463 Å². The lowest BCUT2D eigenvalue weighted by molar-refractivity contribution is -0.167. The van der Waals surface area contributed by atoms with Gasteiger partial charge in [-0.25, -0.2) is 0 Å². The summed E-state index contributed by atoms with van der Waals surface area (Å²) in [6, 6.07) is 0. The second-order valence-corrected chi connectivity index (χ2v) is 23.5. The Balaban J connectivity index is 3.88. The van der Waals surface area contributed by atoms with Gasteiger partial charge in [-0.3, -0.25) is 14.4 Å². The molecule has 0 rings (SSSR count). The third-order valence-electron chi connectivity index (χ3n) is 15.9. The summed E-state index contributed by atoms with van der Waals surface area (Å²) in [7, 11) is 0. The third-order valence-corrected chi connectivity index (χ3v) is 15.9. The van der Waals surface area contributed by atoms with Gasteiger partial charge in [-0.15, -0.1) is 0 Å². The van der Waals surface area contributed by atoms with Crippen LogP contribution in [-0.4, -0.2) is 37.2 Å². The first kappa shape index (κ1) is 72.4. The Morgan fingerprint density at radius 2 is 0.365 bits per heavy atom. The van der Waals surface area contributed by atoms with Gasteiger partial charge in [-0.1, -0.05) is 361 Å². The monoisotopic (exact) mass is 1050 g/mol. The summed E-state index contributed by atoms with van der Waals surface area (Å²) in [5.41, 5.74) is 0. The SMILES string of the molecule is CCCCCCCCCCCCCCCCCCCCCCCCCCCCCCCCCCCCCC(=O)OCC(COC(=O)CCCCCCCCCCCC)OC(=O)CCCCCCCCCCCCC. The summed E-state index contributed by atoms with van der Waals surface area (Å²) in [6.07, 6.45) is 74.6. The summed E-state index contributed by atoms with van der Waals surface area (Å²) in [5, 5.41) is 0. The van der Waals surface area contributed by atoms with Crippen LogP contribution in [0.1, 0.15) is 400 Å². The topological polar surface area (TPSA) is 78.9 Å². The Morgan fingerprint density at radius 1 is 0.216 bits per heavy atom. The van der Waals surface area contributed by atoms with E-state index in [9.17, 15) is 14.4 Å². The fraction of sp³-hybridized carbons (Fsp3) is 0.956. The number of rotatable bonds is 64. The van der Waals surface area contributed by atoms with Gasteiger partial charge in [-0.05, 0) is 19.3 Å². The Bertz CT molecular complexity index is 1110. The predicted molar refractivity (Wildman–Crippen MR) is 321 cm³/mol. The third kappa shape index (κ3) is 61.3.